The molecule has 1 fully saturated rings. The van der Waals surface area contributed by atoms with Crippen molar-refractivity contribution in [2.45, 2.75) is 6.04 Å². The molecule has 10 heavy (non-hydrogen) atoms. The summed E-state index contributed by atoms with van der Waals surface area (Å²) in [6.07, 6.45) is 0. The van der Waals surface area contributed by atoms with Gasteiger partial charge in [0.25, 0.3) is 0 Å². The molecule has 0 unspecified atom stereocenters. The van der Waals surface area contributed by atoms with Crippen LogP contribution in [0.25, 0.3) is 0 Å². The summed E-state index contributed by atoms with van der Waals surface area (Å²) >= 11 is 2.36. The van der Waals surface area contributed by atoms with Gasteiger partial charge in [0.15, 0.2) is 0 Å². The van der Waals surface area contributed by atoms with Crippen LogP contribution in [0.5, 0.6) is 0 Å². The van der Waals surface area contributed by atoms with Crippen molar-refractivity contribution in [2.24, 2.45) is 0 Å². The highest BCUT2D eigenvalue weighted by molar-refractivity contribution is 14.1. The van der Waals surface area contributed by atoms with Gasteiger partial charge in [-0.15, -0.1) is 0 Å². The molecule has 0 atom stereocenters. The maximum Gasteiger partial charge on any atom is 0.0662 e. The second-order valence-electron chi connectivity index (χ2n) is 2.42. The highest BCUT2D eigenvalue weighted by Crippen LogP contribution is 2.13. The van der Waals surface area contributed by atoms with E-state index in [9.17, 15) is 0 Å². The molecule has 1 saturated heterocycles. The van der Waals surface area contributed by atoms with Gasteiger partial charge in [-0.2, -0.15) is 0 Å². The first-order valence-electron chi connectivity index (χ1n) is 3.49. The SMILES string of the molecule is CNCCN(I)C1COC1. The third-order valence-electron chi connectivity index (χ3n) is 1.59. The van der Waals surface area contributed by atoms with Crippen LogP contribution in [0, 0.1) is 0 Å². The van der Waals surface area contributed by atoms with Crippen LogP contribution in [-0.2, 0) is 4.74 Å². The van der Waals surface area contributed by atoms with Gasteiger partial charge in [0.2, 0.25) is 0 Å². The van der Waals surface area contributed by atoms with Crippen LogP contribution in [0.1, 0.15) is 0 Å². The summed E-state index contributed by atoms with van der Waals surface area (Å²) in [6.45, 7) is 3.98. The number of hydrogen-bond donors (Lipinski definition) is 1. The summed E-state index contributed by atoms with van der Waals surface area (Å²) in [6, 6.07) is 0.661. The Bertz CT molecular complexity index is 97.7. The average molecular weight is 256 g/mol. The molecule has 1 aliphatic rings. The highest BCUT2D eigenvalue weighted by Gasteiger charge is 2.23. The van der Waals surface area contributed by atoms with E-state index in [1.807, 2.05) is 7.05 Å². The molecule has 0 bridgehead atoms. The van der Waals surface area contributed by atoms with E-state index < -0.39 is 0 Å². The number of halogens is 1. The summed E-state index contributed by atoms with van der Waals surface area (Å²) < 4.78 is 7.37. The van der Waals surface area contributed by atoms with Crippen molar-refractivity contribution in [3.05, 3.63) is 0 Å². The second-order valence-corrected chi connectivity index (χ2v) is 3.66. The quantitative estimate of drug-likeness (QED) is 0.576. The molecule has 0 aliphatic carbocycles. The van der Waals surface area contributed by atoms with Crippen molar-refractivity contribution in [1.82, 2.24) is 8.43 Å². The lowest BCUT2D eigenvalue weighted by Crippen LogP contribution is -2.45. The van der Waals surface area contributed by atoms with Crippen LogP contribution in [-0.4, -0.2) is 42.5 Å². The summed E-state index contributed by atoms with van der Waals surface area (Å²) in [7, 11) is 1.97. The zero-order valence-corrected chi connectivity index (χ0v) is 8.30. The second kappa shape index (κ2) is 4.48. The maximum absolute atomic E-state index is 5.07. The van der Waals surface area contributed by atoms with Gasteiger partial charge in [-0.25, -0.2) is 3.11 Å². The van der Waals surface area contributed by atoms with E-state index in [2.05, 4.69) is 31.3 Å². The molecule has 0 aromatic carbocycles. The van der Waals surface area contributed by atoms with Crippen molar-refractivity contribution >= 4 is 22.9 Å². The molecular formula is C6H13IN2O. The van der Waals surface area contributed by atoms with Crippen molar-refractivity contribution in [3.63, 3.8) is 0 Å². The number of hydrogen-bond acceptors (Lipinski definition) is 3. The smallest absolute Gasteiger partial charge is 0.0662 e. The monoisotopic (exact) mass is 256 g/mol. The van der Waals surface area contributed by atoms with Gasteiger partial charge in [0.1, 0.15) is 0 Å². The van der Waals surface area contributed by atoms with Crippen LogP contribution in [0.2, 0.25) is 0 Å². The van der Waals surface area contributed by atoms with Crippen LogP contribution in [0.4, 0.5) is 0 Å². The molecule has 60 valence electrons. The molecule has 3 nitrogen and oxygen atoms in total. The van der Waals surface area contributed by atoms with E-state index >= 15 is 0 Å². The fraction of sp³-hybridized carbons (Fsp3) is 1.00. The minimum atomic E-state index is 0.661. The number of ether oxygens (including phenoxy) is 1. The molecule has 0 radical (unpaired) electrons. The van der Waals surface area contributed by atoms with Crippen molar-refractivity contribution in [2.75, 3.05) is 33.4 Å². The molecule has 1 aliphatic heterocycles. The number of likely N-dealkylation sites (N-methyl/N-ethyl adjacent to an activating group) is 1. The van der Waals surface area contributed by atoms with E-state index in [1.54, 1.807) is 0 Å². The van der Waals surface area contributed by atoms with Crippen molar-refractivity contribution in [1.29, 1.82) is 0 Å². The third-order valence-corrected chi connectivity index (χ3v) is 2.86. The lowest BCUT2D eigenvalue weighted by molar-refractivity contribution is -0.0277. The fourth-order valence-electron chi connectivity index (χ4n) is 0.786. The zero-order chi connectivity index (χ0) is 7.40. The lowest BCUT2D eigenvalue weighted by Gasteiger charge is -2.32. The molecule has 0 aromatic heterocycles. The zero-order valence-electron chi connectivity index (χ0n) is 6.14. The van der Waals surface area contributed by atoms with Gasteiger partial charge in [-0.3, -0.25) is 0 Å². The minimum Gasteiger partial charge on any atom is -0.378 e. The van der Waals surface area contributed by atoms with Gasteiger partial charge < -0.3 is 10.1 Å². The Labute approximate surface area is 75.6 Å². The first-order chi connectivity index (χ1) is 4.84. The highest BCUT2D eigenvalue weighted by atomic mass is 127. The summed E-state index contributed by atoms with van der Waals surface area (Å²) in [4.78, 5) is 0. The minimum absolute atomic E-state index is 0.661. The molecule has 0 spiro atoms. The predicted octanol–water partition coefficient (Wildman–Crippen LogP) is 0.257. The predicted molar refractivity (Wildman–Crippen MR) is 49.3 cm³/mol. The summed E-state index contributed by atoms with van der Waals surface area (Å²) in [5, 5.41) is 3.11. The largest absolute Gasteiger partial charge is 0.378 e. The molecule has 0 aromatic rings. The van der Waals surface area contributed by atoms with E-state index in [-0.39, 0.29) is 0 Å². The Kier molecular flexibility index (Phi) is 3.90. The Morgan fingerprint density at radius 2 is 2.40 bits per heavy atom. The number of nitrogens with zero attached hydrogens (tertiary/aromatic N) is 1. The average Bonchev–Trinajstić information content (AvgIpc) is 1.79. The molecule has 1 heterocycles. The maximum atomic E-state index is 5.07. The molecular weight excluding hydrogens is 243 g/mol. The van der Waals surface area contributed by atoms with Crippen LogP contribution in [0.15, 0.2) is 0 Å². The first-order valence-corrected chi connectivity index (χ1v) is 4.46. The van der Waals surface area contributed by atoms with Crippen LogP contribution < -0.4 is 5.32 Å². The molecule has 1 N–H and O–H groups in total. The van der Waals surface area contributed by atoms with Gasteiger partial charge in [0.05, 0.1) is 19.3 Å². The number of nitrogens with one attached hydrogen (secondary N) is 1. The summed E-state index contributed by atoms with van der Waals surface area (Å²) in [5.74, 6) is 0. The third kappa shape index (κ3) is 2.34. The van der Waals surface area contributed by atoms with Crippen LogP contribution >= 0.6 is 22.9 Å². The van der Waals surface area contributed by atoms with Crippen molar-refractivity contribution < 1.29 is 4.74 Å². The first kappa shape index (κ1) is 8.70. The summed E-state index contributed by atoms with van der Waals surface area (Å²) in [5.41, 5.74) is 0. The van der Waals surface area contributed by atoms with Gasteiger partial charge in [-0.05, 0) is 7.05 Å². The Balaban J connectivity index is 2.02. The van der Waals surface area contributed by atoms with E-state index in [4.69, 9.17) is 4.74 Å². The Morgan fingerprint density at radius 1 is 1.70 bits per heavy atom. The fourth-order valence-corrected chi connectivity index (χ4v) is 1.35. The lowest BCUT2D eigenvalue weighted by atomic mass is 10.2. The van der Waals surface area contributed by atoms with Crippen molar-refractivity contribution in [3.8, 4) is 0 Å². The molecule has 0 amide bonds. The molecule has 0 saturated carbocycles. The topological polar surface area (TPSA) is 24.5 Å². The van der Waals surface area contributed by atoms with Gasteiger partial charge in [-0.1, -0.05) is 0 Å². The normalized spacial score (nSPS) is 19.5. The van der Waals surface area contributed by atoms with Gasteiger partial charge in [0, 0.05) is 36.0 Å². The van der Waals surface area contributed by atoms with Gasteiger partial charge >= 0.3 is 0 Å². The Morgan fingerprint density at radius 3 is 2.80 bits per heavy atom. The van der Waals surface area contributed by atoms with E-state index in [0.29, 0.717) is 6.04 Å². The Hall–Kier alpha value is 0.610. The molecule has 4 heteroatoms. The van der Waals surface area contributed by atoms with E-state index in [0.717, 1.165) is 26.3 Å². The number of rotatable bonds is 4. The van der Waals surface area contributed by atoms with Crippen LogP contribution in [0.3, 0.4) is 0 Å². The molecule has 1 rings (SSSR count). The standard InChI is InChI=1S/C6H13IN2O/c1-8-2-3-9(7)6-4-10-5-6/h6,8H,2-5H2,1H3. The van der Waals surface area contributed by atoms with E-state index in [1.165, 1.54) is 0 Å².